The molecule has 2 N–H and O–H groups in total. The maximum absolute atomic E-state index is 4.62. The van der Waals surface area contributed by atoms with E-state index >= 15 is 0 Å². The Morgan fingerprint density at radius 3 is 3.05 bits per heavy atom. The molecule has 0 aliphatic heterocycles. The average molecular weight is 259 g/mol. The molecule has 1 fully saturated rings. The van der Waals surface area contributed by atoms with E-state index in [4.69, 9.17) is 0 Å². The Bertz CT molecular complexity index is 558. The van der Waals surface area contributed by atoms with E-state index < -0.39 is 0 Å². The van der Waals surface area contributed by atoms with Crippen molar-refractivity contribution in [2.45, 2.75) is 39.2 Å². The molecular formula is C14H21N5. The minimum Gasteiger partial charge on any atom is -0.369 e. The van der Waals surface area contributed by atoms with Gasteiger partial charge in [-0.25, -0.2) is 9.97 Å². The lowest BCUT2D eigenvalue weighted by Crippen LogP contribution is -2.18. The molecule has 2 heterocycles. The van der Waals surface area contributed by atoms with E-state index in [2.05, 4.69) is 34.4 Å². The highest BCUT2D eigenvalue weighted by Crippen LogP contribution is 2.34. The third-order valence-electron chi connectivity index (χ3n) is 3.50. The van der Waals surface area contributed by atoms with E-state index in [9.17, 15) is 0 Å². The van der Waals surface area contributed by atoms with Crippen LogP contribution in [0, 0.1) is 5.92 Å². The van der Waals surface area contributed by atoms with Crippen LogP contribution in [-0.2, 0) is 0 Å². The molecule has 0 aromatic carbocycles. The van der Waals surface area contributed by atoms with Gasteiger partial charge in [0.15, 0.2) is 11.5 Å². The fourth-order valence-electron chi connectivity index (χ4n) is 2.44. The summed E-state index contributed by atoms with van der Waals surface area (Å²) in [6, 6.07) is 0.442. The molecule has 0 amide bonds. The Balaban J connectivity index is 1.84. The number of aromatic nitrogens is 3. The minimum atomic E-state index is 0.442. The fourth-order valence-corrected chi connectivity index (χ4v) is 2.44. The largest absolute Gasteiger partial charge is 0.369 e. The number of fused-ring (bicyclic) bond motifs is 1. The quantitative estimate of drug-likeness (QED) is 0.837. The molecule has 3 rings (SSSR count). The van der Waals surface area contributed by atoms with Gasteiger partial charge in [-0.1, -0.05) is 12.8 Å². The summed E-state index contributed by atoms with van der Waals surface area (Å²) >= 11 is 0. The summed E-state index contributed by atoms with van der Waals surface area (Å²) < 4.78 is 2.01. The van der Waals surface area contributed by atoms with Gasteiger partial charge < -0.3 is 15.0 Å². The van der Waals surface area contributed by atoms with Crippen molar-refractivity contribution in [1.82, 2.24) is 14.4 Å². The standard InChI is InChI=1S/C14H21N5/c1-3-15-12-9-19-7-6-16-14(19)13(18-12)17-10(2)8-11-4-5-11/h6-7,9-11,15H,3-5,8H2,1-2H3,(H,17,18). The van der Waals surface area contributed by atoms with Crippen LogP contribution in [0.5, 0.6) is 0 Å². The van der Waals surface area contributed by atoms with Crippen molar-refractivity contribution in [1.29, 1.82) is 0 Å². The summed E-state index contributed by atoms with van der Waals surface area (Å²) in [5.41, 5.74) is 0.893. The second-order valence-electron chi connectivity index (χ2n) is 5.39. The average Bonchev–Trinajstić information content (AvgIpc) is 3.04. The summed E-state index contributed by atoms with van der Waals surface area (Å²) in [6.45, 7) is 5.16. The molecule has 2 aromatic heterocycles. The van der Waals surface area contributed by atoms with Gasteiger partial charge in [-0.2, -0.15) is 0 Å². The maximum atomic E-state index is 4.62. The van der Waals surface area contributed by atoms with Crippen molar-refractivity contribution < 1.29 is 0 Å². The molecule has 0 bridgehead atoms. The van der Waals surface area contributed by atoms with E-state index in [1.165, 1.54) is 19.3 Å². The zero-order chi connectivity index (χ0) is 13.2. The van der Waals surface area contributed by atoms with Crippen molar-refractivity contribution in [3.63, 3.8) is 0 Å². The van der Waals surface area contributed by atoms with Crippen LogP contribution in [0.1, 0.15) is 33.1 Å². The van der Waals surface area contributed by atoms with Crippen LogP contribution >= 0.6 is 0 Å². The van der Waals surface area contributed by atoms with Crippen LogP contribution in [0.2, 0.25) is 0 Å². The van der Waals surface area contributed by atoms with E-state index in [-0.39, 0.29) is 0 Å². The third kappa shape index (κ3) is 2.80. The van der Waals surface area contributed by atoms with E-state index in [0.717, 1.165) is 29.7 Å². The monoisotopic (exact) mass is 259 g/mol. The number of hydrogen-bond acceptors (Lipinski definition) is 4. The van der Waals surface area contributed by atoms with Crippen LogP contribution in [0.15, 0.2) is 18.6 Å². The van der Waals surface area contributed by atoms with Gasteiger partial charge in [0.25, 0.3) is 0 Å². The van der Waals surface area contributed by atoms with Gasteiger partial charge in [0.1, 0.15) is 5.82 Å². The first-order valence-electron chi connectivity index (χ1n) is 7.10. The number of imidazole rings is 1. The summed E-state index contributed by atoms with van der Waals surface area (Å²) in [5, 5.41) is 6.76. The van der Waals surface area contributed by atoms with Crippen molar-refractivity contribution in [2.75, 3.05) is 17.2 Å². The van der Waals surface area contributed by atoms with Crippen LogP contribution in [-0.4, -0.2) is 27.0 Å². The number of rotatable bonds is 6. The van der Waals surface area contributed by atoms with Crippen LogP contribution < -0.4 is 10.6 Å². The Kier molecular flexibility index (Phi) is 3.27. The predicted molar refractivity (Wildman–Crippen MR) is 77.6 cm³/mol. The maximum Gasteiger partial charge on any atom is 0.180 e. The van der Waals surface area contributed by atoms with Gasteiger partial charge >= 0.3 is 0 Å². The van der Waals surface area contributed by atoms with Gasteiger partial charge in [0.05, 0.1) is 6.20 Å². The molecule has 5 nitrogen and oxygen atoms in total. The second-order valence-corrected chi connectivity index (χ2v) is 5.39. The van der Waals surface area contributed by atoms with E-state index in [1.807, 2.05) is 23.0 Å². The van der Waals surface area contributed by atoms with Crippen molar-refractivity contribution in [2.24, 2.45) is 5.92 Å². The normalized spacial score (nSPS) is 16.5. The van der Waals surface area contributed by atoms with Crippen LogP contribution in [0.25, 0.3) is 5.65 Å². The molecule has 1 atom stereocenters. The first-order chi connectivity index (χ1) is 9.26. The van der Waals surface area contributed by atoms with Gasteiger partial charge in [-0.15, -0.1) is 0 Å². The van der Waals surface area contributed by atoms with Crippen LogP contribution in [0.4, 0.5) is 11.6 Å². The fraction of sp³-hybridized carbons (Fsp3) is 0.571. The molecule has 0 spiro atoms. The number of nitrogens with zero attached hydrogens (tertiary/aromatic N) is 3. The Morgan fingerprint density at radius 1 is 1.47 bits per heavy atom. The zero-order valence-corrected chi connectivity index (χ0v) is 11.6. The number of anilines is 2. The summed E-state index contributed by atoms with van der Waals surface area (Å²) in [5.74, 6) is 2.67. The Labute approximate surface area is 113 Å². The van der Waals surface area contributed by atoms with Gasteiger partial charge in [-0.05, 0) is 26.2 Å². The number of hydrogen-bond donors (Lipinski definition) is 2. The van der Waals surface area contributed by atoms with Crippen molar-refractivity contribution in [3.8, 4) is 0 Å². The highest BCUT2D eigenvalue weighted by atomic mass is 15.1. The Hall–Kier alpha value is -1.78. The topological polar surface area (TPSA) is 54.2 Å². The number of nitrogens with one attached hydrogen (secondary N) is 2. The first-order valence-corrected chi connectivity index (χ1v) is 7.10. The zero-order valence-electron chi connectivity index (χ0n) is 11.6. The lowest BCUT2D eigenvalue weighted by atomic mass is 10.1. The molecular weight excluding hydrogens is 238 g/mol. The lowest BCUT2D eigenvalue weighted by molar-refractivity contribution is 0.640. The molecule has 0 radical (unpaired) electrons. The lowest BCUT2D eigenvalue weighted by Gasteiger charge is -2.15. The van der Waals surface area contributed by atoms with Gasteiger partial charge in [0.2, 0.25) is 0 Å². The second kappa shape index (κ2) is 5.07. The minimum absolute atomic E-state index is 0.442. The molecule has 0 saturated heterocycles. The molecule has 5 heteroatoms. The molecule has 2 aromatic rings. The molecule has 1 saturated carbocycles. The highest BCUT2D eigenvalue weighted by molar-refractivity contribution is 5.65. The van der Waals surface area contributed by atoms with Gasteiger partial charge in [0, 0.05) is 25.0 Å². The van der Waals surface area contributed by atoms with Gasteiger partial charge in [-0.3, -0.25) is 0 Å². The summed E-state index contributed by atoms with van der Waals surface area (Å²) in [4.78, 5) is 9.00. The molecule has 1 aliphatic rings. The third-order valence-corrected chi connectivity index (χ3v) is 3.50. The summed E-state index contributed by atoms with van der Waals surface area (Å²) in [7, 11) is 0. The molecule has 1 aliphatic carbocycles. The highest BCUT2D eigenvalue weighted by Gasteiger charge is 2.24. The SMILES string of the molecule is CCNc1cn2ccnc2c(NC(C)CC2CC2)n1. The summed E-state index contributed by atoms with van der Waals surface area (Å²) in [6.07, 6.45) is 9.73. The Morgan fingerprint density at radius 2 is 2.32 bits per heavy atom. The molecule has 19 heavy (non-hydrogen) atoms. The van der Waals surface area contributed by atoms with E-state index in [1.54, 1.807) is 0 Å². The first kappa shape index (κ1) is 12.3. The van der Waals surface area contributed by atoms with E-state index in [0.29, 0.717) is 6.04 Å². The van der Waals surface area contributed by atoms with Crippen LogP contribution in [0.3, 0.4) is 0 Å². The predicted octanol–water partition coefficient (Wildman–Crippen LogP) is 2.76. The van der Waals surface area contributed by atoms with Crippen molar-refractivity contribution in [3.05, 3.63) is 18.6 Å². The molecule has 1 unspecified atom stereocenters. The van der Waals surface area contributed by atoms with Crippen molar-refractivity contribution >= 4 is 17.3 Å². The smallest absolute Gasteiger partial charge is 0.180 e. The molecule has 102 valence electrons.